The lowest BCUT2D eigenvalue weighted by atomic mass is 10.1. The average Bonchev–Trinajstić information content (AvgIpc) is 3.14. The van der Waals surface area contributed by atoms with E-state index in [2.05, 4.69) is 21.9 Å². The predicted molar refractivity (Wildman–Crippen MR) is 102 cm³/mol. The third-order valence-electron chi connectivity index (χ3n) is 5.47. The molecule has 1 unspecified atom stereocenters. The molecular weight excluding hydrogens is 344 g/mol. The molecule has 0 aliphatic carbocycles. The fourth-order valence-electron chi connectivity index (χ4n) is 4.05. The van der Waals surface area contributed by atoms with E-state index < -0.39 is 5.97 Å². The number of unbranched alkanes of at least 4 members (excludes halogenated alkanes) is 1. The van der Waals surface area contributed by atoms with E-state index in [0.29, 0.717) is 19.0 Å². The van der Waals surface area contributed by atoms with Gasteiger partial charge in [0.2, 0.25) is 0 Å². The summed E-state index contributed by atoms with van der Waals surface area (Å²) in [5.74, 6) is -1.09. The fourth-order valence-corrected chi connectivity index (χ4v) is 4.05. The van der Waals surface area contributed by atoms with E-state index in [4.69, 9.17) is 9.84 Å². The molecule has 1 atom stereocenters. The third kappa shape index (κ3) is 6.04. The number of carboxylic acid groups (broad SMARTS) is 1. The first-order valence-corrected chi connectivity index (χ1v) is 10.0. The Balaban J connectivity index is 1.39. The number of benzene rings is 1. The molecule has 6 nitrogen and oxygen atoms in total. The lowest BCUT2D eigenvalue weighted by Gasteiger charge is -2.40. The smallest absolute Gasteiger partial charge is 0.306 e. The van der Waals surface area contributed by atoms with Crippen LogP contribution in [0, 0.1) is 0 Å². The zero-order valence-corrected chi connectivity index (χ0v) is 15.9. The molecule has 0 bridgehead atoms. The minimum Gasteiger partial charge on any atom is -0.481 e. The van der Waals surface area contributed by atoms with Gasteiger partial charge in [-0.3, -0.25) is 19.4 Å². The van der Waals surface area contributed by atoms with Gasteiger partial charge in [-0.2, -0.15) is 0 Å². The summed E-state index contributed by atoms with van der Waals surface area (Å²) in [5.41, 5.74) is 2.28. The summed E-state index contributed by atoms with van der Waals surface area (Å²) in [6.45, 7) is 4.90. The second-order valence-electron chi connectivity index (χ2n) is 7.56. The van der Waals surface area contributed by atoms with E-state index in [1.165, 1.54) is 44.5 Å². The first kappa shape index (κ1) is 19.8. The van der Waals surface area contributed by atoms with E-state index in [1.54, 1.807) is 0 Å². The monoisotopic (exact) mass is 374 g/mol. The van der Waals surface area contributed by atoms with Crippen LogP contribution in [0.25, 0.3) is 0 Å². The van der Waals surface area contributed by atoms with Gasteiger partial charge < -0.3 is 9.84 Å². The Morgan fingerprint density at radius 3 is 2.48 bits per heavy atom. The van der Waals surface area contributed by atoms with Crippen molar-refractivity contribution in [1.82, 2.24) is 9.80 Å². The Morgan fingerprint density at radius 1 is 1.00 bits per heavy atom. The number of carboxylic acids is 1. The molecule has 2 fully saturated rings. The Labute approximate surface area is 161 Å². The number of rotatable bonds is 9. The fraction of sp³-hybridized carbons (Fsp3) is 0.619. The van der Waals surface area contributed by atoms with Gasteiger partial charge in [0.05, 0.1) is 6.17 Å². The van der Waals surface area contributed by atoms with Crippen LogP contribution < -0.4 is 0 Å². The van der Waals surface area contributed by atoms with E-state index >= 15 is 0 Å². The molecule has 0 amide bonds. The Bertz CT molecular complexity index is 632. The normalized spacial score (nSPS) is 20.4. The summed E-state index contributed by atoms with van der Waals surface area (Å²) >= 11 is 0. The van der Waals surface area contributed by atoms with Crippen molar-refractivity contribution in [2.45, 2.75) is 64.3 Å². The maximum Gasteiger partial charge on any atom is 0.306 e. The van der Waals surface area contributed by atoms with Gasteiger partial charge in [0.1, 0.15) is 6.61 Å². The highest BCUT2D eigenvalue weighted by atomic mass is 16.5. The van der Waals surface area contributed by atoms with Gasteiger partial charge in [0.15, 0.2) is 0 Å². The number of nitrogens with zero attached hydrogens (tertiary/aromatic N) is 2. The zero-order chi connectivity index (χ0) is 19.1. The molecule has 3 rings (SSSR count). The summed E-state index contributed by atoms with van der Waals surface area (Å²) in [4.78, 5) is 27.3. The Morgan fingerprint density at radius 2 is 1.70 bits per heavy atom. The molecule has 2 heterocycles. The van der Waals surface area contributed by atoms with E-state index in [0.717, 1.165) is 12.1 Å². The Kier molecular flexibility index (Phi) is 7.24. The summed E-state index contributed by atoms with van der Waals surface area (Å²) in [5, 5.41) is 8.58. The molecule has 1 N–H and O–H groups in total. The largest absolute Gasteiger partial charge is 0.481 e. The molecule has 2 aliphatic rings. The van der Waals surface area contributed by atoms with Crippen molar-refractivity contribution < 1.29 is 19.4 Å². The first-order valence-electron chi connectivity index (χ1n) is 10.0. The van der Waals surface area contributed by atoms with Crippen LogP contribution in [0.3, 0.4) is 0 Å². The van der Waals surface area contributed by atoms with Gasteiger partial charge in [0.25, 0.3) is 0 Å². The van der Waals surface area contributed by atoms with Gasteiger partial charge in [0, 0.05) is 32.5 Å². The van der Waals surface area contributed by atoms with Crippen molar-refractivity contribution in [1.29, 1.82) is 0 Å². The lowest BCUT2D eigenvalue weighted by molar-refractivity contribution is -0.145. The number of hydrogen-bond acceptors (Lipinski definition) is 5. The third-order valence-corrected chi connectivity index (χ3v) is 5.47. The van der Waals surface area contributed by atoms with Crippen molar-refractivity contribution in [2.75, 3.05) is 19.6 Å². The topological polar surface area (TPSA) is 70.1 Å². The second-order valence-corrected chi connectivity index (χ2v) is 7.56. The van der Waals surface area contributed by atoms with Crippen LogP contribution >= 0.6 is 0 Å². The highest BCUT2D eigenvalue weighted by molar-refractivity contribution is 5.69. The summed E-state index contributed by atoms with van der Waals surface area (Å²) in [6.07, 6.45) is 5.88. The number of carbonyl (C=O) groups excluding carboxylic acids is 1. The van der Waals surface area contributed by atoms with Crippen LogP contribution in [0.5, 0.6) is 0 Å². The number of aliphatic carboxylic acids is 1. The van der Waals surface area contributed by atoms with E-state index in [-0.39, 0.29) is 25.4 Å². The molecule has 0 aromatic heterocycles. The maximum absolute atomic E-state index is 11.7. The molecule has 27 heavy (non-hydrogen) atoms. The van der Waals surface area contributed by atoms with Crippen LogP contribution in [-0.4, -0.2) is 52.6 Å². The van der Waals surface area contributed by atoms with Crippen molar-refractivity contribution in [3.05, 3.63) is 35.4 Å². The summed E-state index contributed by atoms with van der Waals surface area (Å²) in [7, 11) is 0. The average molecular weight is 374 g/mol. The molecule has 0 saturated carbocycles. The molecule has 1 aromatic rings. The van der Waals surface area contributed by atoms with Gasteiger partial charge in [-0.25, -0.2) is 0 Å². The second kappa shape index (κ2) is 9.85. The highest BCUT2D eigenvalue weighted by Crippen LogP contribution is 2.26. The number of carbonyl (C=O) groups is 2. The Hall–Kier alpha value is -1.92. The number of esters is 1. The van der Waals surface area contributed by atoms with Gasteiger partial charge in [-0.05, 0) is 49.8 Å². The first-order chi connectivity index (χ1) is 13.1. The number of fused-ring (bicyclic) bond motifs is 1. The summed E-state index contributed by atoms with van der Waals surface area (Å²) in [6, 6.07) is 8.32. The molecule has 2 aliphatic heterocycles. The van der Waals surface area contributed by atoms with Crippen molar-refractivity contribution in [2.24, 2.45) is 0 Å². The predicted octanol–water partition coefficient (Wildman–Crippen LogP) is 3.00. The molecule has 1 aromatic carbocycles. The van der Waals surface area contributed by atoms with E-state index in [9.17, 15) is 9.59 Å². The molecule has 0 radical (unpaired) electrons. The molecule has 148 valence electrons. The van der Waals surface area contributed by atoms with E-state index in [1.807, 2.05) is 12.1 Å². The number of hydrogen-bond donors (Lipinski definition) is 1. The molecule has 2 saturated heterocycles. The van der Waals surface area contributed by atoms with Crippen LogP contribution in [0.2, 0.25) is 0 Å². The highest BCUT2D eigenvalue weighted by Gasteiger charge is 2.32. The standard InChI is InChI=1S/C21H30N2O4/c24-20(25)6-1-2-7-21(26)27-16-18-10-8-17(9-11-18)15-23-14-4-13-22-12-3-5-19(22)23/h8-11,19H,1-7,12-16H2,(H,24,25). The van der Waals surface area contributed by atoms with Crippen LogP contribution in [0.4, 0.5) is 0 Å². The minimum absolute atomic E-state index is 0.102. The van der Waals surface area contributed by atoms with Crippen molar-refractivity contribution >= 4 is 11.9 Å². The number of ether oxygens (including phenoxy) is 1. The molecular formula is C21H30N2O4. The molecule has 0 spiro atoms. The maximum atomic E-state index is 11.7. The minimum atomic E-state index is -0.825. The van der Waals surface area contributed by atoms with Crippen molar-refractivity contribution in [3.8, 4) is 0 Å². The summed E-state index contributed by atoms with van der Waals surface area (Å²) < 4.78 is 5.28. The molecule has 6 heteroatoms. The zero-order valence-electron chi connectivity index (χ0n) is 15.9. The lowest BCUT2D eigenvalue weighted by Crippen LogP contribution is -2.49. The van der Waals surface area contributed by atoms with Gasteiger partial charge in [-0.1, -0.05) is 24.3 Å². The van der Waals surface area contributed by atoms with Crippen LogP contribution in [0.1, 0.15) is 56.1 Å². The van der Waals surface area contributed by atoms with Gasteiger partial charge in [-0.15, -0.1) is 0 Å². The quantitative estimate of drug-likeness (QED) is 0.529. The van der Waals surface area contributed by atoms with Crippen LogP contribution in [-0.2, 0) is 27.5 Å². The van der Waals surface area contributed by atoms with Crippen molar-refractivity contribution in [3.63, 3.8) is 0 Å². The van der Waals surface area contributed by atoms with Crippen LogP contribution in [0.15, 0.2) is 24.3 Å². The van der Waals surface area contributed by atoms with Gasteiger partial charge >= 0.3 is 11.9 Å². The SMILES string of the molecule is O=C(O)CCCCC(=O)OCc1ccc(CN2CCCN3CCCC32)cc1.